The predicted molar refractivity (Wildman–Crippen MR) is 119 cm³/mol. The number of carbonyl (C=O) groups is 1. The molecule has 32 heavy (non-hydrogen) atoms. The number of hydrogen-bond donors (Lipinski definition) is 1. The van der Waals surface area contributed by atoms with Crippen molar-refractivity contribution in [2.75, 3.05) is 12.8 Å². The molecule has 2 N–H and O–H groups in total. The van der Waals surface area contributed by atoms with Crippen LogP contribution in [0.25, 0.3) is 11.2 Å². The summed E-state index contributed by atoms with van der Waals surface area (Å²) in [6, 6.07) is 0. The van der Waals surface area contributed by atoms with Gasteiger partial charge >= 0.3 is 12.0 Å². The molecular formula is C21H30FN5O4Si. The van der Waals surface area contributed by atoms with Gasteiger partial charge in [0.05, 0.1) is 19.5 Å². The van der Waals surface area contributed by atoms with E-state index in [0.29, 0.717) is 6.42 Å². The van der Waals surface area contributed by atoms with Crippen molar-refractivity contribution in [2.24, 2.45) is 0 Å². The second-order valence-corrected chi connectivity index (χ2v) is 14.2. The number of halogens is 1. The van der Waals surface area contributed by atoms with Crippen molar-refractivity contribution in [3.8, 4) is 12.3 Å². The van der Waals surface area contributed by atoms with Crippen molar-refractivity contribution in [3.05, 3.63) is 12.4 Å². The Morgan fingerprint density at radius 2 is 2.16 bits per heavy atom. The van der Waals surface area contributed by atoms with Gasteiger partial charge in [-0.2, -0.15) is 14.4 Å². The number of anilines is 1. The van der Waals surface area contributed by atoms with Crippen molar-refractivity contribution >= 4 is 31.3 Å². The number of esters is 1. The number of terminal acetylenes is 1. The SMILES string of the molecule is C#C[C@@]1(CCC(=O)OC)O[C@@H](n2cnc3c(N)nc(F)nc32)C[C@@H]1O[Si](C)(C)C(C)(C)C. The highest BCUT2D eigenvalue weighted by Crippen LogP contribution is 2.46. The molecule has 1 fully saturated rings. The Labute approximate surface area is 188 Å². The molecule has 0 aromatic carbocycles. The van der Waals surface area contributed by atoms with Crippen LogP contribution in [0.1, 0.15) is 46.3 Å². The number of ether oxygens (including phenoxy) is 2. The van der Waals surface area contributed by atoms with Crippen molar-refractivity contribution in [1.82, 2.24) is 19.5 Å². The normalized spacial score (nSPS) is 23.9. The van der Waals surface area contributed by atoms with Gasteiger partial charge in [-0.05, 0) is 18.1 Å². The molecule has 1 aliphatic heterocycles. The molecule has 11 heteroatoms. The minimum atomic E-state index is -2.25. The Bertz CT molecular complexity index is 1060. The number of fused-ring (bicyclic) bond motifs is 1. The molecule has 0 aliphatic carbocycles. The van der Waals surface area contributed by atoms with E-state index in [0.717, 1.165) is 0 Å². The van der Waals surface area contributed by atoms with Crippen molar-refractivity contribution in [2.45, 2.75) is 76.1 Å². The third-order valence-electron chi connectivity index (χ3n) is 6.43. The molecule has 0 bridgehead atoms. The molecule has 174 valence electrons. The zero-order chi connectivity index (χ0) is 23.9. The highest BCUT2D eigenvalue weighted by Gasteiger charge is 2.53. The number of carbonyl (C=O) groups excluding carboxylic acids is 1. The molecule has 2 aromatic rings. The van der Waals surface area contributed by atoms with Gasteiger partial charge in [0.25, 0.3) is 0 Å². The predicted octanol–water partition coefficient (Wildman–Crippen LogP) is 3.18. The van der Waals surface area contributed by atoms with Crippen LogP contribution in [0.4, 0.5) is 10.2 Å². The first-order chi connectivity index (χ1) is 14.8. The van der Waals surface area contributed by atoms with Gasteiger partial charge in [0.2, 0.25) is 0 Å². The Kier molecular flexibility index (Phi) is 6.34. The first kappa shape index (κ1) is 24.1. The van der Waals surface area contributed by atoms with Crippen LogP contribution in [0.5, 0.6) is 0 Å². The average Bonchev–Trinajstić information content (AvgIpc) is 3.27. The summed E-state index contributed by atoms with van der Waals surface area (Å²) in [6.07, 6.45) is 5.99. The molecule has 0 unspecified atom stereocenters. The maximum atomic E-state index is 13.9. The lowest BCUT2D eigenvalue weighted by Gasteiger charge is -2.41. The van der Waals surface area contributed by atoms with Gasteiger partial charge in [0, 0.05) is 19.3 Å². The molecule has 9 nitrogen and oxygen atoms in total. The van der Waals surface area contributed by atoms with Gasteiger partial charge in [-0.1, -0.05) is 26.7 Å². The molecule has 1 saturated heterocycles. The lowest BCUT2D eigenvalue weighted by atomic mass is 9.92. The molecule has 0 spiro atoms. The number of rotatable bonds is 6. The molecule has 0 radical (unpaired) electrons. The monoisotopic (exact) mass is 463 g/mol. The number of aromatic nitrogens is 4. The Balaban J connectivity index is 2.01. The third-order valence-corrected chi connectivity index (χ3v) is 10.9. The Morgan fingerprint density at radius 1 is 1.47 bits per heavy atom. The van der Waals surface area contributed by atoms with Crippen LogP contribution in [0, 0.1) is 18.4 Å². The lowest BCUT2D eigenvalue weighted by molar-refractivity contribution is -0.143. The zero-order valence-corrected chi connectivity index (χ0v) is 20.3. The van der Waals surface area contributed by atoms with Crippen LogP contribution in [0.3, 0.4) is 0 Å². The maximum Gasteiger partial charge on any atom is 0.312 e. The number of hydrogen-bond acceptors (Lipinski definition) is 8. The highest BCUT2D eigenvalue weighted by atomic mass is 28.4. The van der Waals surface area contributed by atoms with E-state index >= 15 is 0 Å². The summed E-state index contributed by atoms with van der Waals surface area (Å²) in [5.74, 6) is 2.29. The average molecular weight is 464 g/mol. The first-order valence-electron chi connectivity index (χ1n) is 10.4. The number of methoxy groups -OCH3 is 1. The number of nitrogen functional groups attached to an aromatic ring is 1. The molecule has 0 saturated carbocycles. The van der Waals surface area contributed by atoms with Gasteiger partial charge in [0.1, 0.15) is 6.23 Å². The Hall–Kier alpha value is -2.55. The number of nitrogens with two attached hydrogens (primary N) is 1. The Morgan fingerprint density at radius 3 is 2.75 bits per heavy atom. The fraction of sp³-hybridized carbons (Fsp3) is 0.619. The minimum Gasteiger partial charge on any atom is -0.469 e. The smallest absolute Gasteiger partial charge is 0.312 e. The summed E-state index contributed by atoms with van der Waals surface area (Å²) < 4.78 is 33.2. The van der Waals surface area contributed by atoms with E-state index in [4.69, 9.17) is 26.1 Å². The van der Waals surface area contributed by atoms with Crippen LogP contribution in [-0.4, -0.2) is 52.6 Å². The van der Waals surface area contributed by atoms with Crippen LogP contribution in [0.15, 0.2) is 6.33 Å². The topological polar surface area (TPSA) is 114 Å². The van der Waals surface area contributed by atoms with Crippen LogP contribution in [0.2, 0.25) is 18.1 Å². The standard InChI is InChI=1S/C21H30FN5O4Si/c1-8-21(10-9-15(28)29-5)13(31-32(6,7)20(2,3)4)11-14(30-21)27-12-24-16-17(23)25-19(22)26-18(16)27/h1,12-14H,9-11H2,2-7H3,(H2,23,25,26)/t13-,14+,21-/m0/s1. The highest BCUT2D eigenvalue weighted by molar-refractivity contribution is 6.74. The zero-order valence-electron chi connectivity index (χ0n) is 19.3. The summed E-state index contributed by atoms with van der Waals surface area (Å²) in [7, 11) is -0.925. The number of imidazole rings is 1. The fourth-order valence-corrected chi connectivity index (χ4v) is 4.87. The van der Waals surface area contributed by atoms with Crippen LogP contribution >= 0.6 is 0 Å². The van der Waals surface area contributed by atoms with E-state index in [1.807, 2.05) is 0 Å². The van der Waals surface area contributed by atoms with E-state index in [2.05, 4.69) is 54.7 Å². The third kappa shape index (κ3) is 4.35. The summed E-state index contributed by atoms with van der Waals surface area (Å²) in [5.41, 5.74) is 5.08. The van der Waals surface area contributed by atoms with E-state index in [-0.39, 0.29) is 34.9 Å². The molecule has 1 aliphatic rings. The van der Waals surface area contributed by atoms with Crippen molar-refractivity contribution in [1.29, 1.82) is 0 Å². The maximum absolute atomic E-state index is 13.9. The summed E-state index contributed by atoms with van der Waals surface area (Å²) in [4.78, 5) is 23.4. The van der Waals surface area contributed by atoms with E-state index in [1.54, 1.807) is 4.57 Å². The number of nitrogens with zero attached hydrogens (tertiary/aromatic N) is 4. The van der Waals surface area contributed by atoms with Crippen LogP contribution < -0.4 is 5.73 Å². The van der Waals surface area contributed by atoms with Crippen molar-refractivity contribution in [3.63, 3.8) is 0 Å². The minimum absolute atomic E-state index is 0.0628. The van der Waals surface area contributed by atoms with Crippen LogP contribution in [-0.2, 0) is 18.7 Å². The second-order valence-electron chi connectivity index (χ2n) is 9.49. The van der Waals surface area contributed by atoms with Gasteiger partial charge in [-0.3, -0.25) is 9.36 Å². The largest absolute Gasteiger partial charge is 0.469 e. The molecule has 3 atom stereocenters. The molecular weight excluding hydrogens is 433 g/mol. The summed E-state index contributed by atoms with van der Waals surface area (Å²) in [5, 5.41) is -0.0692. The summed E-state index contributed by atoms with van der Waals surface area (Å²) >= 11 is 0. The van der Waals surface area contributed by atoms with Gasteiger partial charge < -0.3 is 19.6 Å². The van der Waals surface area contributed by atoms with E-state index in [9.17, 15) is 9.18 Å². The lowest BCUT2D eigenvalue weighted by Crippen LogP contribution is -2.50. The molecule has 0 amide bonds. The van der Waals surface area contributed by atoms with Crippen molar-refractivity contribution < 1.29 is 23.1 Å². The molecule has 3 rings (SSSR count). The van der Waals surface area contributed by atoms with E-state index in [1.165, 1.54) is 13.4 Å². The van der Waals surface area contributed by atoms with Gasteiger partial charge in [-0.25, -0.2) is 4.98 Å². The van der Waals surface area contributed by atoms with E-state index < -0.39 is 38.3 Å². The molecule has 2 aromatic heterocycles. The first-order valence-corrected chi connectivity index (χ1v) is 13.3. The fourth-order valence-electron chi connectivity index (χ4n) is 3.52. The van der Waals surface area contributed by atoms with Gasteiger partial charge in [0.15, 0.2) is 30.9 Å². The summed E-state index contributed by atoms with van der Waals surface area (Å²) in [6.45, 7) is 10.6. The van der Waals surface area contributed by atoms with Gasteiger partial charge in [-0.15, -0.1) is 6.42 Å². The molecule has 3 heterocycles. The second kappa shape index (κ2) is 8.42. The quantitative estimate of drug-likeness (QED) is 0.301.